The van der Waals surface area contributed by atoms with Crippen molar-refractivity contribution >= 4 is 31.9 Å². The SMILES string of the molecule is COc1ccc(CCC(Br)c2cc(Br)ccc2OC)cc1. The quantitative estimate of drug-likeness (QED) is 0.579. The smallest absolute Gasteiger partial charge is 0.123 e. The van der Waals surface area contributed by atoms with Crippen molar-refractivity contribution < 1.29 is 9.47 Å². The van der Waals surface area contributed by atoms with Gasteiger partial charge in [-0.05, 0) is 48.7 Å². The van der Waals surface area contributed by atoms with Gasteiger partial charge in [-0.1, -0.05) is 44.0 Å². The molecule has 0 fully saturated rings. The summed E-state index contributed by atoms with van der Waals surface area (Å²) < 4.78 is 11.7. The number of hydrogen-bond acceptors (Lipinski definition) is 2. The lowest BCUT2D eigenvalue weighted by atomic mass is 10.0. The van der Waals surface area contributed by atoms with E-state index in [4.69, 9.17) is 9.47 Å². The number of hydrogen-bond donors (Lipinski definition) is 0. The van der Waals surface area contributed by atoms with Crippen LogP contribution in [0.1, 0.15) is 22.4 Å². The van der Waals surface area contributed by atoms with Gasteiger partial charge >= 0.3 is 0 Å². The summed E-state index contributed by atoms with van der Waals surface area (Å²) in [5, 5.41) is 0. The lowest BCUT2D eigenvalue weighted by Gasteiger charge is -2.15. The van der Waals surface area contributed by atoms with Gasteiger partial charge in [0, 0.05) is 14.9 Å². The predicted octanol–water partition coefficient (Wildman–Crippen LogP) is 5.54. The summed E-state index contributed by atoms with van der Waals surface area (Å²) in [7, 11) is 3.39. The molecule has 0 aliphatic rings. The molecule has 2 aromatic carbocycles. The maximum atomic E-state index is 5.44. The zero-order valence-electron chi connectivity index (χ0n) is 12.1. The fraction of sp³-hybridized carbons (Fsp3) is 0.294. The van der Waals surface area contributed by atoms with E-state index in [9.17, 15) is 0 Å². The minimum Gasteiger partial charge on any atom is -0.497 e. The number of ether oxygens (including phenoxy) is 2. The van der Waals surface area contributed by atoms with Gasteiger partial charge in [-0.2, -0.15) is 0 Å². The lowest BCUT2D eigenvalue weighted by Crippen LogP contribution is -1.97. The molecule has 0 N–H and O–H groups in total. The molecule has 1 unspecified atom stereocenters. The fourth-order valence-corrected chi connectivity index (χ4v) is 3.16. The molecule has 4 heteroatoms. The number of methoxy groups -OCH3 is 2. The van der Waals surface area contributed by atoms with Crippen molar-refractivity contribution in [3.05, 3.63) is 58.1 Å². The van der Waals surface area contributed by atoms with Crippen molar-refractivity contribution in [2.24, 2.45) is 0 Å². The van der Waals surface area contributed by atoms with E-state index in [0.29, 0.717) is 0 Å². The molecular formula is C17H18Br2O2. The largest absolute Gasteiger partial charge is 0.497 e. The van der Waals surface area contributed by atoms with Crippen molar-refractivity contribution in [1.82, 2.24) is 0 Å². The molecule has 0 saturated heterocycles. The van der Waals surface area contributed by atoms with Crippen molar-refractivity contribution in [1.29, 1.82) is 0 Å². The van der Waals surface area contributed by atoms with Crippen LogP contribution in [-0.2, 0) is 6.42 Å². The molecule has 2 rings (SSSR count). The molecule has 112 valence electrons. The molecule has 0 saturated carbocycles. The number of alkyl halides is 1. The molecule has 0 spiro atoms. The lowest BCUT2D eigenvalue weighted by molar-refractivity contribution is 0.409. The highest BCUT2D eigenvalue weighted by molar-refractivity contribution is 9.10. The highest BCUT2D eigenvalue weighted by Gasteiger charge is 2.13. The van der Waals surface area contributed by atoms with Crippen molar-refractivity contribution in [2.45, 2.75) is 17.7 Å². The molecule has 2 nitrogen and oxygen atoms in total. The van der Waals surface area contributed by atoms with Crippen LogP contribution in [0.4, 0.5) is 0 Å². The van der Waals surface area contributed by atoms with Crippen molar-refractivity contribution in [3.63, 3.8) is 0 Å². The molecule has 0 aromatic heterocycles. The van der Waals surface area contributed by atoms with E-state index in [-0.39, 0.29) is 4.83 Å². The number of halogens is 2. The van der Waals surface area contributed by atoms with E-state index in [2.05, 4.69) is 50.1 Å². The minimum atomic E-state index is 0.257. The predicted molar refractivity (Wildman–Crippen MR) is 93.7 cm³/mol. The molecular weight excluding hydrogens is 396 g/mol. The Morgan fingerprint density at radius 2 is 1.71 bits per heavy atom. The summed E-state index contributed by atoms with van der Waals surface area (Å²) >= 11 is 7.29. The number of rotatable bonds is 6. The fourth-order valence-electron chi connectivity index (χ4n) is 2.19. The van der Waals surface area contributed by atoms with Crippen LogP contribution in [-0.4, -0.2) is 14.2 Å². The Balaban J connectivity index is 2.03. The summed E-state index contributed by atoms with van der Waals surface area (Å²) in [6, 6.07) is 14.3. The van der Waals surface area contributed by atoms with Gasteiger partial charge in [-0.25, -0.2) is 0 Å². The second-order valence-corrected chi connectivity index (χ2v) is 6.76. The molecule has 0 heterocycles. The standard InChI is InChI=1S/C17H18Br2O2/c1-20-14-7-3-12(4-8-14)5-9-16(19)15-11-13(18)6-10-17(15)21-2/h3-4,6-8,10-11,16H,5,9H2,1-2H3. The first-order valence-electron chi connectivity index (χ1n) is 6.74. The van der Waals surface area contributed by atoms with Crippen LogP contribution in [0.5, 0.6) is 11.5 Å². The van der Waals surface area contributed by atoms with Crippen LogP contribution in [0, 0.1) is 0 Å². The van der Waals surface area contributed by atoms with E-state index < -0.39 is 0 Å². The molecule has 2 aromatic rings. The molecule has 0 aliphatic heterocycles. The first-order valence-corrected chi connectivity index (χ1v) is 8.45. The van der Waals surface area contributed by atoms with Gasteiger partial charge < -0.3 is 9.47 Å². The van der Waals surface area contributed by atoms with Gasteiger partial charge in [-0.3, -0.25) is 0 Å². The second kappa shape index (κ2) is 7.85. The van der Waals surface area contributed by atoms with Crippen LogP contribution in [0.3, 0.4) is 0 Å². The first kappa shape index (κ1) is 16.4. The highest BCUT2D eigenvalue weighted by atomic mass is 79.9. The summed E-state index contributed by atoms with van der Waals surface area (Å²) in [5.74, 6) is 1.80. The molecule has 0 bridgehead atoms. The molecule has 0 aliphatic carbocycles. The normalized spacial score (nSPS) is 12.0. The topological polar surface area (TPSA) is 18.5 Å². The zero-order chi connectivity index (χ0) is 15.2. The van der Waals surface area contributed by atoms with Gasteiger partial charge in [-0.15, -0.1) is 0 Å². The van der Waals surface area contributed by atoms with Gasteiger partial charge in [0.15, 0.2) is 0 Å². The Morgan fingerprint density at radius 1 is 1.00 bits per heavy atom. The third-order valence-electron chi connectivity index (χ3n) is 3.37. The van der Waals surface area contributed by atoms with Gasteiger partial charge in [0.1, 0.15) is 11.5 Å². The maximum Gasteiger partial charge on any atom is 0.123 e. The van der Waals surface area contributed by atoms with Gasteiger partial charge in [0.05, 0.1) is 14.2 Å². The number of benzene rings is 2. The van der Waals surface area contributed by atoms with Crippen LogP contribution in [0.15, 0.2) is 46.9 Å². The summed E-state index contributed by atoms with van der Waals surface area (Å²) in [5.41, 5.74) is 2.47. The monoisotopic (exact) mass is 412 g/mol. The Kier molecular flexibility index (Phi) is 6.12. The minimum absolute atomic E-state index is 0.257. The van der Waals surface area contributed by atoms with Crippen LogP contribution in [0.25, 0.3) is 0 Å². The third kappa shape index (κ3) is 4.48. The van der Waals surface area contributed by atoms with Crippen molar-refractivity contribution in [3.8, 4) is 11.5 Å². The third-order valence-corrected chi connectivity index (χ3v) is 4.82. The summed E-state index contributed by atoms with van der Waals surface area (Å²) in [6.07, 6.45) is 1.99. The Hall–Kier alpha value is -1.00. The summed E-state index contributed by atoms with van der Waals surface area (Å²) in [6.45, 7) is 0. The summed E-state index contributed by atoms with van der Waals surface area (Å²) in [4.78, 5) is 0.257. The maximum absolute atomic E-state index is 5.44. The van der Waals surface area contributed by atoms with Gasteiger partial charge in [0.25, 0.3) is 0 Å². The second-order valence-electron chi connectivity index (χ2n) is 4.74. The van der Waals surface area contributed by atoms with E-state index >= 15 is 0 Å². The Morgan fingerprint density at radius 3 is 2.33 bits per heavy atom. The average molecular weight is 414 g/mol. The molecule has 0 amide bonds. The van der Waals surface area contributed by atoms with Gasteiger partial charge in [0.2, 0.25) is 0 Å². The Labute approximate surface area is 142 Å². The van der Waals surface area contributed by atoms with E-state index in [1.807, 2.05) is 24.3 Å². The number of aryl methyl sites for hydroxylation is 1. The average Bonchev–Trinajstić information content (AvgIpc) is 2.53. The Bertz CT molecular complexity index is 582. The van der Waals surface area contributed by atoms with Crippen molar-refractivity contribution in [2.75, 3.05) is 14.2 Å². The first-order chi connectivity index (χ1) is 10.1. The molecule has 0 radical (unpaired) electrons. The highest BCUT2D eigenvalue weighted by Crippen LogP contribution is 2.36. The van der Waals surface area contributed by atoms with E-state index in [1.54, 1.807) is 14.2 Å². The van der Waals surface area contributed by atoms with E-state index in [1.165, 1.54) is 11.1 Å². The molecule has 1 atom stereocenters. The zero-order valence-corrected chi connectivity index (χ0v) is 15.3. The molecule has 21 heavy (non-hydrogen) atoms. The van der Waals surface area contributed by atoms with Crippen LogP contribution < -0.4 is 9.47 Å². The van der Waals surface area contributed by atoms with Crippen LogP contribution >= 0.6 is 31.9 Å². The van der Waals surface area contributed by atoms with Crippen LogP contribution in [0.2, 0.25) is 0 Å². The van der Waals surface area contributed by atoms with E-state index in [0.717, 1.165) is 28.8 Å².